The van der Waals surface area contributed by atoms with Gasteiger partial charge in [0, 0.05) is 22.2 Å². The lowest BCUT2D eigenvalue weighted by atomic mass is 10.1. The number of para-hydroxylation sites is 1. The van der Waals surface area contributed by atoms with Gasteiger partial charge in [-0.1, -0.05) is 37.3 Å². The van der Waals surface area contributed by atoms with Gasteiger partial charge in [-0.05, 0) is 36.1 Å². The Morgan fingerprint density at radius 2 is 1.93 bits per heavy atom. The number of carboxylic acid groups (broad SMARTS) is 1. The minimum Gasteiger partial charge on any atom is -0.477 e. The van der Waals surface area contributed by atoms with Crippen LogP contribution >= 0.6 is 11.8 Å². The first kappa shape index (κ1) is 18.5. The zero-order valence-electron chi connectivity index (χ0n) is 14.7. The summed E-state index contributed by atoms with van der Waals surface area (Å²) in [4.78, 5) is 12.4. The number of aliphatic carboxylic acids is 1. The highest BCUT2D eigenvalue weighted by atomic mass is 32.2. The summed E-state index contributed by atoms with van der Waals surface area (Å²) in [7, 11) is 0. The number of benzene rings is 2. The Morgan fingerprint density at radius 1 is 1.22 bits per heavy atom. The lowest BCUT2D eigenvalue weighted by Gasteiger charge is -2.03. The average molecular weight is 375 g/mol. The smallest absolute Gasteiger partial charge is 0.346 e. The van der Waals surface area contributed by atoms with Crippen molar-refractivity contribution in [2.24, 2.45) is 0 Å². The number of carboxylic acids is 1. The molecule has 0 unspecified atom stereocenters. The fourth-order valence-electron chi connectivity index (χ4n) is 2.60. The standard InChI is InChI=1S/C21H17N3O2S/c1-2-27-19-10-8-15(9-11-19)20-17(12-16(13-22)21(25)26)14-24(23-20)18-6-4-3-5-7-18/h3-12,14H,2H2,1H3,(H,25,26)/b16-12+. The van der Waals surface area contributed by atoms with Crippen LogP contribution in [0, 0.1) is 11.3 Å². The van der Waals surface area contributed by atoms with Crippen LogP contribution in [0.4, 0.5) is 0 Å². The Morgan fingerprint density at radius 3 is 2.52 bits per heavy atom. The first-order valence-corrected chi connectivity index (χ1v) is 9.34. The molecule has 0 saturated heterocycles. The van der Waals surface area contributed by atoms with E-state index < -0.39 is 5.97 Å². The molecule has 2 aromatic carbocycles. The van der Waals surface area contributed by atoms with Crippen molar-refractivity contribution in [1.29, 1.82) is 5.26 Å². The molecule has 0 spiro atoms. The second-order valence-electron chi connectivity index (χ2n) is 5.65. The maximum atomic E-state index is 11.3. The van der Waals surface area contributed by atoms with E-state index in [1.807, 2.05) is 54.6 Å². The number of carbonyl (C=O) groups is 1. The molecule has 1 heterocycles. The molecule has 5 nitrogen and oxygen atoms in total. The number of thioether (sulfide) groups is 1. The van der Waals surface area contributed by atoms with E-state index in [0.717, 1.165) is 21.9 Å². The number of hydrogen-bond donors (Lipinski definition) is 1. The van der Waals surface area contributed by atoms with Gasteiger partial charge in [-0.3, -0.25) is 0 Å². The highest BCUT2D eigenvalue weighted by Gasteiger charge is 2.14. The molecule has 134 valence electrons. The van der Waals surface area contributed by atoms with Gasteiger partial charge in [-0.2, -0.15) is 10.4 Å². The number of nitriles is 1. The molecule has 0 aliphatic heterocycles. The van der Waals surface area contributed by atoms with E-state index in [4.69, 9.17) is 5.26 Å². The van der Waals surface area contributed by atoms with Crippen LogP contribution in [0.15, 0.2) is 71.3 Å². The fraction of sp³-hybridized carbons (Fsp3) is 0.0952. The van der Waals surface area contributed by atoms with Crippen LogP contribution in [0.5, 0.6) is 0 Å². The van der Waals surface area contributed by atoms with Crippen LogP contribution in [-0.2, 0) is 4.79 Å². The Labute approximate surface area is 161 Å². The average Bonchev–Trinajstić information content (AvgIpc) is 3.11. The molecule has 0 bridgehead atoms. The zero-order valence-corrected chi connectivity index (χ0v) is 15.5. The van der Waals surface area contributed by atoms with Crippen molar-refractivity contribution in [2.75, 3.05) is 5.75 Å². The molecule has 3 rings (SSSR count). The van der Waals surface area contributed by atoms with Crippen molar-refractivity contribution in [3.05, 3.63) is 71.9 Å². The van der Waals surface area contributed by atoms with Gasteiger partial charge in [0.25, 0.3) is 0 Å². The summed E-state index contributed by atoms with van der Waals surface area (Å²) < 4.78 is 1.69. The van der Waals surface area contributed by atoms with E-state index in [9.17, 15) is 9.90 Å². The Bertz CT molecular complexity index is 1020. The summed E-state index contributed by atoms with van der Waals surface area (Å²) in [6, 6.07) is 19.2. The molecule has 0 saturated carbocycles. The Kier molecular flexibility index (Phi) is 5.74. The lowest BCUT2D eigenvalue weighted by Crippen LogP contribution is -1.97. The first-order chi connectivity index (χ1) is 13.1. The van der Waals surface area contributed by atoms with E-state index >= 15 is 0 Å². The van der Waals surface area contributed by atoms with Gasteiger partial charge in [0.1, 0.15) is 11.6 Å². The van der Waals surface area contributed by atoms with Gasteiger partial charge in [0.2, 0.25) is 0 Å². The minimum atomic E-state index is -1.26. The molecular weight excluding hydrogens is 358 g/mol. The van der Waals surface area contributed by atoms with Crippen molar-refractivity contribution in [1.82, 2.24) is 9.78 Å². The van der Waals surface area contributed by atoms with E-state index in [-0.39, 0.29) is 5.57 Å². The molecule has 0 amide bonds. The second-order valence-corrected chi connectivity index (χ2v) is 6.98. The Balaban J connectivity index is 2.11. The summed E-state index contributed by atoms with van der Waals surface area (Å²) in [5.41, 5.74) is 2.58. The normalized spacial score (nSPS) is 11.2. The number of rotatable bonds is 6. The van der Waals surface area contributed by atoms with Gasteiger partial charge < -0.3 is 5.11 Å². The Hall–Kier alpha value is -3.30. The number of nitrogens with zero attached hydrogens (tertiary/aromatic N) is 3. The van der Waals surface area contributed by atoms with Gasteiger partial charge in [0.15, 0.2) is 0 Å². The predicted octanol–water partition coefficient (Wildman–Crippen LogP) is 4.64. The summed E-state index contributed by atoms with van der Waals surface area (Å²) in [5.74, 6) is -0.272. The molecular formula is C21H17N3O2S. The predicted molar refractivity (Wildman–Crippen MR) is 107 cm³/mol. The number of aromatic nitrogens is 2. The van der Waals surface area contributed by atoms with Crippen molar-refractivity contribution < 1.29 is 9.90 Å². The summed E-state index contributed by atoms with van der Waals surface area (Å²) in [6.07, 6.45) is 3.10. The molecule has 0 radical (unpaired) electrons. The summed E-state index contributed by atoms with van der Waals surface area (Å²) in [5, 5.41) is 22.9. The van der Waals surface area contributed by atoms with Gasteiger partial charge in [-0.25, -0.2) is 9.48 Å². The highest BCUT2D eigenvalue weighted by Crippen LogP contribution is 2.28. The molecule has 1 N–H and O–H groups in total. The van der Waals surface area contributed by atoms with E-state index in [0.29, 0.717) is 11.3 Å². The largest absolute Gasteiger partial charge is 0.477 e. The van der Waals surface area contributed by atoms with Crippen molar-refractivity contribution in [3.63, 3.8) is 0 Å². The molecule has 1 aromatic heterocycles. The minimum absolute atomic E-state index is 0.331. The van der Waals surface area contributed by atoms with Crippen molar-refractivity contribution in [2.45, 2.75) is 11.8 Å². The van der Waals surface area contributed by atoms with E-state index in [2.05, 4.69) is 12.0 Å². The number of hydrogen-bond acceptors (Lipinski definition) is 4. The quantitative estimate of drug-likeness (QED) is 0.386. The third-order valence-corrected chi connectivity index (χ3v) is 4.75. The molecule has 0 atom stereocenters. The monoisotopic (exact) mass is 375 g/mol. The fourth-order valence-corrected chi connectivity index (χ4v) is 3.27. The molecule has 6 heteroatoms. The molecule has 0 fully saturated rings. The maximum Gasteiger partial charge on any atom is 0.346 e. The lowest BCUT2D eigenvalue weighted by molar-refractivity contribution is -0.132. The molecule has 0 aliphatic rings. The van der Waals surface area contributed by atoms with E-state index in [1.165, 1.54) is 6.08 Å². The van der Waals surface area contributed by atoms with Crippen LogP contribution in [-0.4, -0.2) is 26.6 Å². The van der Waals surface area contributed by atoms with Crippen molar-refractivity contribution in [3.8, 4) is 23.0 Å². The third-order valence-electron chi connectivity index (χ3n) is 3.85. The van der Waals surface area contributed by atoms with Crippen LogP contribution in [0.25, 0.3) is 23.0 Å². The summed E-state index contributed by atoms with van der Waals surface area (Å²) in [6.45, 7) is 2.10. The second kappa shape index (κ2) is 8.39. The van der Waals surface area contributed by atoms with Crippen LogP contribution in [0.2, 0.25) is 0 Å². The van der Waals surface area contributed by atoms with Gasteiger partial charge in [0.05, 0.1) is 11.4 Å². The zero-order chi connectivity index (χ0) is 19.2. The van der Waals surface area contributed by atoms with E-state index in [1.54, 1.807) is 28.7 Å². The maximum absolute atomic E-state index is 11.3. The topological polar surface area (TPSA) is 78.9 Å². The van der Waals surface area contributed by atoms with Crippen LogP contribution < -0.4 is 0 Å². The summed E-state index contributed by atoms with van der Waals surface area (Å²) >= 11 is 1.75. The van der Waals surface area contributed by atoms with Crippen LogP contribution in [0.3, 0.4) is 0 Å². The highest BCUT2D eigenvalue weighted by molar-refractivity contribution is 7.99. The van der Waals surface area contributed by atoms with Crippen molar-refractivity contribution >= 4 is 23.8 Å². The van der Waals surface area contributed by atoms with Crippen LogP contribution in [0.1, 0.15) is 12.5 Å². The van der Waals surface area contributed by atoms with Gasteiger partial charge >= 0.3 is 5.97 Å². The van der Waals surface area contributed by atoms with Gasteiger partial charge in [-0.15, -0.1) is 11.8 Å². The molecule has 3 aromatic rings. The third kappa shape index (κ3) is 4.27. The first-order valence-electron chi connectivity index (χ1n) is 8.35. The molecule has 27 heavy (non-hydrogen) atoms. The SMILES string of the molecule is CCSc1ccc(-c2nn(-c3ccccc3)cc2/C=C(\C#N)C(=O)O)cc1. The molecule has 0 aliphatic carbocycles.